The van der Waals surface area contributed by atoms with E-state index in [1.54, 1.807) is 24.3 Å². The molecule has 2 heterocycles. The quantitative estimate of drug-likeness (QED) is 0.741. The number of carbonyl (C=O) groups is 1. The van der Waals surface area contributed by atoms with Crippen molar-refractivity contribution in [1.82, 2.24) is 4.90 Å². The Kier molecular flexibility index (Phi) is 5.18. The summed E-state index contributed by atoms with van der Waals surface area (Å²) in [5.41, 5.74) is 0.952. The Bertz CT molecular complexity index is 1010. The first-order valence-corrected chi connectivity index (χ1v) is 10.9. The molecular formula is C25H26FNO4. The third-order valence-corrected chi connectivity index (χ3v) is 6.88. The summed E-state index contributed by atoms with van der Waals surface area (Å²) in [7, 11) is 0. The topological polar surface area (TPSA) is 59.0 Å². The Morgan fingerprint density at radius 3 is 2.74 bits per heavy atom. The molecule has 31 heavy (non-hydrogen) atoms. The molecule has 1 amide bonds. The molecule has 5 nitrogen and oxygen atoms in total. The van der Waals surface area contributed by atoms with Gasteiger partial charge in [0.2, 0.25) is 12.7 Å². The monoisotopic (exact) mass is 423 g/mol. The number of nitrogens with zero attached hydrogens (tertiary/aromatic N) is 1. The summed E-state index contributed by atoms with van der Waals surface area (Å²) in [4.78, 5) is 15.1. The van der Waals surface area contributed by atoms with E-state index in [0.29, 0.717) is 24.5 Å². The Morgan fingerprint density at radius 2 is 1.90 bits per heavy atom. The number of piperidine rings is 1. The molecule has 162 valence electrons. The molecule has 0 aromatic heterocycles. The number of halogens is 1. The molecule has 3 atom stereocenters. The third kappa shape index (κ3) is 3.81. The highest BCUT2D eigenvalue weighted by Gasteiger charge is 2.49. The van der Waals surface area contributed by atoms with Crippen LogP contribution in [0.5, 0.6) is 11.5 Å². The Balaban J connectivity index is 1.43. The highest BCUT2D eigenvalue weighted by atomic mass is 19.1. The van der Waals surface area contributed by atoms with Crippen molar-refractivity contribution in [3.05, 3.63) is 65.5 Å². The van der Waals surface area contributed by atoms with Gasteiger partial charge in [0.1, 0.15) is 5.82 Å². The summed E-state index contributed by atoms with van der Waals surface area (Å²) in [5, 5.41) is 11.3. The molecule has 1 aliphatic carbocycles. The predicted molar refractivity (Wildman–Crippen MR) is 114 cm³/mol. The van der Waals surface area contributed by atoms with E-state index < -0.39 is 5.60 Å². The average Bonchev–Trinajstić information content (AvgIpc) is 3.25. The van der Waals surface area contributed by atoms with Gasteiger partial charge in [0.25, 0.3) is 0 Å². The highest BCUT2D eigenvalue weighted by Crippen LogP contribution is 2.49. The van der Waals surface area contributed by atoms with Gasteiger partial charge in [-0.15, -0.1) is 0 Å². The lowest BCUT2D eigenvalue weighted by molar-refractivity contribution is -0.150. The first-order chi connectivity index (χ1) is 15.0. The molecule has 2 aromatic rings. The Hall–Kier alpha value is -2.86. The van der Waals surface area contributed by atoms with Crippen LogP contribution in [0.25, 0.3) is 6.08 Å². The van der Waals surface area contributed by atoms with Gasteiger partial charge < -0.3 is 19.5 Å². The molecule has 3 aliphatic rings. The fourth-order valence-corrected chi connectivity index (χ4v) is 5.28. The van der Waals surface area contributed by atoms with Gasteiger partial charge in [-0.05, 0) is 60.7 Å². The van der Waals surface area contributed by atoms with Crippen LogP contribution in [0, 0.1) is 11.7 Å². The largest absolute Gasteiger partial charge is 0.454 e. The SMILES string of the molecule is O=C(/C=C/c1ccc2c(c1)OCO2)N1CC[C@@]2(O)CCCC[C@@H]2[C@@H]1c1ccc(F)cc1. The maximum atomic E-state index is 13.6. The number of benzene rings is 2. The summed E-state index contributed by atoms with van der Waals surface area (Å²) < 4.78 is 24.3. The van der Waals surface area contributed by atoms with Gasteiger partial charge in [0.05, 0.1) is 11.6 Å². The van der Waals surface area contributed by atoms with Gasteiger partial charge in [-0.25, -0.2) is 4.39 Å². The molecule has 1 N–H and O–H groups in total. The van der Waals surface area contributed by atoms with Crippen molar-refractivity contribution in [1.29, 1.82) is 0 Å². The summed E-state index contributed by atoms with van der Waals surface area (Å²) in [6.45, 7) is 0.679. The van der Waals surface area contributed by atoms with E-state index in [2.05, 4.69) is 0 Å². The smallest absolute Gasteiger partial charge is 0.247 e. The number of rotatable bonds is 3. The molecule has 0 bridgehead atoms. The van der Waals surface area contributed by atoms with E-state index in [9.17, 15) is 14.3 Å². The molecule has 1 saturated heterocycles. The number of hydrogen-bond acceptors (Lipinski definition) is 4. The number of ether oxygens (including phenoxy) is 2. The van der Waals surface area contributed by atoms with Crippen molar-refractivity contribution < 1.29 is 23.8 Å². The fraction of sp³-hybridized carbons (Fsp3) is 0.400. The number of amides is 1. The number of aliphatic hydroxyl groups is 1. The highest BCUT2D eigenvalue weighted by molar-refractivity contribution is 5.92. The standard InChI is InChI=1S/C25H26FNO4/c26-19-8-6-18(7-9-19)24-20-3-1-2-12-25(20,29)13-14-27(24)23(28)11-5-17-4-10-21-22(15-17)31-16-30-21/h4-11,15,20,24,29H,1-3,12-14,16H2/b11-5+/t20-,24+,25+/m1/s1. The third-order valence-electron chi connectivity index (χ3n) is 6.88. The van der Waals surface area contributed by atoms with Crippen LogP contribution in [0.2, 0.25) is 0 Å². The number of fused-ring (bicyclic) bond motifs is 2. The fourth-order valence-electron chi connectivity index (χ4n) is 5.28. The van der Waals surface area contributed by atoms with Crippen molar-refractivity contribution in [2.24, 2.45) is 5.92 Å². The Labute approximate surface area is 181 Å². The van der Waals surface area contributed by atoms with E-state index in [0.717, 1.165) is 36.8 Å². The zero-order chi connectivity index (χ0) is 21.4. The van der Waals surface area contributed by atoms with E-state index in [-0.39, 0.29) is 30.5 Å². The lowest BCUT2D eigenvalue weighted by atomic mass is 9.66. The minimum atomic E-state index is -0.769. The normalized spacial score (nSPS) is 27.4. The zero-order valence-corrected chi connectivity index (χ0v) is 17.3. The second-order valence-corrected chi connectivity index (χ2v) is 8.68. The first kappa shape index (κ1) is 20.1. The van der Waals surface area contributed by atoms with Crippen molar-refractivity contribution in [2.45, 2.75) is 43.7 Å². The molecule has 2 aromatic carbocycles. The average molecular weight is 423 g/mol. The van der Waals surface area contributed by atoms with Gasteiger partial charge >= 0.3 is 0 Å². The van der Waals surface area contributed by atoms with Crippen LogP contribution in [-0.4, -0.2) is 34.9 Å². The van der Waals surface area contributed by atoms with Crippen molar-refractivity contribution in [3.8, 4) is 11.5 Å². The van der Waals surface area contributed by atoms with Crippen LogP contribution in [0.15, 0.2) is 48.5 Å². The minimum Gasteiger partial charge on any atom is -0.454 e. The Morgan fingerprint density at radius 1 is 1.10 bits per heavy atom. The number of carbonyl (C=O) groups excluding carboxylic acids is 1. The number of hydrogen-bond donors (Lipinski definition) is 1. The van der Waals surface area contributed by atoms with Crippen molar-refractivity contribution >= 4 is 12.0 Å². The summed E-state index contributed by atoms with van der Waals surface area (Å²) in [6, 6.07) is 11.6. The maximum absolute atomic E-state index is 13.6. The van der Waals surface area contributed by atoms with Gasteiger partial charge in [-0.2, -0.15) is 0 Å². The van der Waals surface area contributed by atoms with Crippen LogP contribution in [0.1, 0.15) is 49.3 Å². The predicted octanol–water partition coefficient (Wildman–Crippen LogP) is 4.46. The van der Waals surface area contributed by atoms with E-state index in [1.165, 1.54) is 12.1 Å². The molecule has 0 unspecified atom stereocenters. The van der Waals surface area contributed by atoms with Gasteiger partial charge in [-0.1, -0.05) is 31.0 Å². The van der Waals surface area contributed by atoms with Gasteiger partial charge in [0, 0.05) is 18.5 Å². The first-order valence-electron chi connectivity index (χ1n) is 10.9. The molecule has 5 rings (SSSR count). The van der Waals surface area contributed by atoms with Gasteiger partial charge in [-0.3, -0.25) is 4.79 Å². The second-order valence-electron chi connectivity index (χ2n) is 8.68. The van der Waals surface area contributed by atoms with E-state index in [4.69, 9.17) is 9.47 Å². The summed E-state index contributed by atoms with van der Waals surface area (Å²) >= 11 is 0. The van der Waals surface area contributed by atoms with Gasteiger partial charge in [0.15, 0.2) is 11.5 Å². The van der Waals surface area contributed by atoms with Crippen LogP contribution >= 0.6 is 0 Å². The van der Waals surface area contributed by atoms with Crippen molar-refractivity contribution in [2.75, 3.05) is 13.3 Å². The maximum Gasteiger partial charge on any atom is 0.247 e. The van der Waals surface area contributed by atoms with E-state index >= 15 is 0 Å². The summed E-state index contributed by atoms with van der Waals surface area (Å²) in [5.74, 6) is 0.901. The molecule has 1 saturated carbocycles. The van der Waals surface area contributed by atoms with Crippen molar-refractivity contribution in [3.63, 3.8) is 0 Å². The lowest BCUT2D eigenvalue weighted by Gasteiger charge is -2.52. The minimum absolute atomic E-state index is 0.0524. The molecule has 2 aliphatic heterocycles. The van der Waals surface area contributed by atoms with Crippen LogP contribution in [0.3, 0.4) is 0 Å². The van der Waals surface area contributed by atoms with Crippen LogP contribution < -0.4 is 9.47 Å². The molecular weight excluding hydrogens is 397 g/mol. The summed E-state index contributed by atoms with van der Waals surface area (Å²) in [6.07, 6.45) is 7.55. The molecule has 0 radical (unpaired) electrons. The molecule has 0 spiro atoms. The number of likely N-dealkylation sites (tertiary alicyclic amines) is 1. The van der Waals surface area contributed by atoms with E-state index in [1.807, 2.05) is 23.1 Å². The molecule has 6 heteroatoms. The lowest BCUT2D eigenvalue weighted by Crippen LogP contribution is -2.56. The zero-order valence-electron chi connectivity index (χ0n) is 17.3. The van der Waals surface area contributed by atoms with Crippen LogP contribution in [-0.2, 0) is 4.79 Å². The second kappa shape index (κ2) is 8.00. The molecule has 2 fully saturated rings. The van der Waals surface area contributed by atoms with Crippen LogP contribution in [0.4, 0.5) is 4.39 Å².